The Labute approximate surface area is 85.8 Å². The van der Waals surface area contributed by atoms with E-state index in [2.05, 4.69) is 10.0 Å². The third-order valence-corrected chi connectivity index (χ3v) is 4.13. The fourth-order valence-corrected chi connectivity index (χ4v) is 3.63. The van der Waals surface area contributed by atoms with Gasteiger partial charge in [0.25, 0.3) is 0 Å². The summed E-state index contributed by atoms with van der Waals surface area (Å²) in [5, 5.41) is 13.0. The van der Waals surface area contributed by atoms with E-state index in [1.165, 1.54) is 0 Å². The number of ether oxygens (including phenoxy) is 1. The fraction of sp³-hybridized carbons (Fsp3) is 0.889. The first-order chi connectivity index (χ1) is 7.27. The third-order valence-electron chi connectivity index (χ3n) is 4.13. The van der Waals surface area contributed by atoms with Gasteiger partial charge in [-0.15, -0.1) is 0 Å². The van der Waals surface area contributed by atoms with E-state index in [-0.39, 0.29) is 48.4 Å². The standard InChI is InChI=1S/C9H11N3O3/c10-12-11-7-3-1-4-6(5(3)2-13)9(14)15-8(4)7/h3-8,13H,1-2H2. The van der Waals surface area contributed by atoms with Crippen molar-refractivity contribution < 1.29 is 14.6 Å². The predicted octanol–water partition coefficient (Wildman–Crippen LogP) is 0.465. The quantitative estimate of drug-likeness (QED) is 0.310. The van der Waals surface area contributed by atoms with E-state index in [0.717, 1.165) is 6.42 Å². The van der Waals surface area contributed by atoms with Crippen LogP contribution >= 0.6 is 0 Å². The number of aliphatic hydroxyl groups excluding tert-OH is 1. The summed E-state index contributed by atoms with van der Waals surface area (Å²) in [5.41, 5.74) is 8.46. The number of hydrogen-bond acceptors (Lipinski definition) is 4. The highest BCUT2D eigenvalue weighted by molar-refractivity contribution is 5.77. The molecule has 0 radical (unpaired) electrons. The summed E-state index contributed by atoms with van der Waals surface area (Å²) in [5.74, 6) is -0.165. The number of carbonyl (C=O) groups excluding carboxylic acids is 1. The Morgan fingerprint density at radius 3 is 3.07 bits per heavy atom. The van der Waals surface area contributed by atoms with E-state index >= 15 is 0 Å². The summed E-state index contributed by atoms with van der Waals surface area (Å²) in [4.78, 5) is 14.3. The fourth-order valence-electron chi connectivity index (χ4n) is 3.63. The largest absolute Gasteiger partial charge is 0.461 e. The number of fused-ring (bicyclic) bond motifs is 1. The van der Waals surface area contributed by atoms with Gasteiger partial charge in [0.1, 0.15) is 6.10 Å². The Hall–Kier alpha value is -1.26. The Morgan fingerprint density at radius 1 is 1.60 bits per heavy atom. The number of aliphatic hydroxyl groups is 1. The van der Waals surface area contributed by atoms with Crippen molar-refractivity contribution in [2.24, 2.45) is 28.8 Å². The SMILES string of the molecule is [N-]=[N+]=NC1C2CC3C1OC(=O)C3C2CO. The molecule has 0 aromatic carbocycles. The second-order valence-corrected chi connectivity index (χ2v) is 4.53. The van der Waals surface area contributed by atoms with E-state index in [1.807, 2.05) is 0 Å². The number of nitrogens with zero attached hydrogens (tertiary/aromatic N) is 3. The van der Waals surface area contributed by atoms with Gasteiger partial charge in [0.15, 0.2) is 0 Å². The van der Waals surface area contributed by atoms with Gasteiger partial charge in [-0.1, -0.05) is 5.11 Å². The van der Waals surface area contributed by atoms with Crippen molar-refractivity contribution >= 4 is 5.97 Å². The number of carbonyl (C=O) groups is 1. The molecule has 0 amide bonds. The maximum atomic E-state index is 11.5. The molecule has 0 aromatic heterocycles. The molecule has 80 valence electrons. The molecular weight excluding hydrogens is 198 g/mol. The Kier molecular flexibility index (Phi) is 1.72. The number of rotatable bonds is 2. The molecule has 3 rings (SSSR count). The minimum atomic E-state index is -0.264. The van der Waals surface area contributed by atoms with Gasteiger partial charge in [0.05, 0.1) is 12.0 Å². The first-order valence-electron chi connectivity index (χ1n) is 5.13. The molecule has 6 heteroatoms. The topological polar surface area (TPSA) is 95.3 Å². The monoisotopic (exact) mass is 209 g/mol. The van der Waals surface area contributed by atoms with Gasteiger partial charge in [0, 0.05) is 17.4 Å². The lowest BCUT2D eigenvalue weighted by atomic mass is 9.78. The highest BCUT2D eigenvalue weighted by atomic mass is 16.6. The van der Waals surface area contributed by atoms with Gasteiger partial charge in [-0.25, -0.2) is 0 Å². The minimum Gasteiger partial charge on any atom is -0.461 e. The molecule has 0 aromatic rings. The van der Waals surface area contributed by atoms with Crippen LogP contribution in [-0.2, 0) is 9.53 Å². The van der Waals surface area contributed by atoms with Gasteiger partial charge in [-0.3, -0.25) is 4.79 Å². The third kappa shape index (κ3) is 0.931. The van der Waals surface area contributed by atoms with Crippen LogP contribution in [0.25, 0.3) is 10.4 Å². The molecule has 1 N–H and O–H groups in total. The highest BCUT2D eigenvalue weighted by Gasteiger charge is 2.65. The Bertz CT molecular complexity index is 366. The van der Waals surface area contributed by atoms with Crippen LogP contribution in [0, 0.1) is 23.7 Å². The highest BCUT2D eigenvalue weighted by Crippen LogP contribution is 2.58. The molecule has 2 bridgehead atoms. The van der Waals surface area contributed by atoms with Crippen LogP contribution in [0.1, 0.15) is 6.42 Å². The molecule has 15 heavy (non-hydrogen) atoms. The lowest BCUT2D eigenvalue weighted by Crippen LogP contribution is -2.37. The molecule has 3 aliphatic rings. The van der Waals surface area contributed by atoms with E-state index in [4.69, 9.17) is 10.3 Å². The number of esters is 1. The zero-order valence-electron chi connectivity index (χ0n) is 7.98. The number of azide groups is 1. The summed E-state index contributed by atoms with van der Waals surface area (Å²) in [6.45, 7) is -0.0227. The van der Waals surface area contributed by atoms with Crippen molar-refractivity contribution in [3.05, 3.63) is 10.4 Å². The van der Waals surface area contributed by atoms with Crippen LogP contribution in [0.3, 0.4) is 0 Å². The maximum Gasteiger partial charge on any atom is 0.310 e. The average Bonchev–Trinajstić information content (AvgIpc) is 2.80. The molecule has 6 atom stereocenters. The van der Waals surface area contributed by atoms with Crippen LogP contribution in [0.2, 0.25) is 0 Å². The molecule has 1 aliphatic heterocycles. The van der Waals surface area contributed by atoms with Gasteiger partial charge in [-0.05, 0) is 23.8 Å². The van der Waals surface area contributed by atoms with Crippen LogP contribution in [0.15, 0.2) is 5.11 Å². The van der Waals surface area contributed by atoms with Gasteiger partial charge in [0.2, 0.25) is 0 Å². The first-order valence-corrected chi connectivity index (χ1v) is 5.13. The van der Waals surface area contributed by atoms with Gasteiger partial charge < -0.3 is 9.84 Å². The van der Waals surface area contributed by atoms with Crippen molar-refractivity contribution in [2.75, 3.05) is 6.61 Å². The summed E-state index contributed by atoms with van der Waals surface area (Å²) < 4.78 is 5.22. The van der Waals surface area contributed by atoms with E-state index in [1.54, 1.807) is 0 Å². The van der Waals surface area contributed by atoms with Crippen LogP contribution < -0.4 is 0 Å². The Morgan fingerprint density at radius 2 is 2.40 bits per heavy atom. The van der Waals surface area contributed by atoms with Crippen molar-refractivity contribution in [1.82, 2.24) is 0 Å². The summed E-state index contributed by atoms with van der Waals surface area (Å²) >= 11 is 0. The molecule has 3 fully saturated rings. The van der Waals surface area contributed by atoms with Crippen molar-refractivity contribution in [2.45, 2.75) is 18.6 Å². The minimum absolute atomic E-state index is 0.0227. The zero-order valence-corrected chi connectivity index (χ0v) is 7.98. The molecule has 2 aliphatic carbocycles. The second kappa shape index (κ2) is 2.87. The van der Waals surface area contributed by atoms with Crippen molar-refractivity contribution in [1.29, 1.82) is 0 Å². The van der Waals surface area contributed by atoms with Gasteiger partial charge >= 0.3 is 5.97 Å². The Balaban J connectivity index is 2.00. The van der Waals surface area contributed by atoms with Crippen LogP contribution in [0.5, 0.6) is 0 Å². The second-order valence-electron chi connectivity index (χ2n) is 4.53. The molecule has 1 saturated heterocycles. The molecule has 2 saturated carbocycles. The van der Waals surface area contributed by atoms with E-state index < -0.39 is 0 Å². The zero-order chi connectivity index (χ0) is 10.6. The molecular formula is C9H11N3O3. The smallest absolute Gasteiger partial charge is 0.310 e. The predicted molar refractivity (Wildman–Crippen MR) is 48.5 cm³/mol. The lowest BCUT2D eigenvalue weighted by molar-refractivity contribution is -0.144. The maximum absolute atomic E-state index is 11.5. The normalized spacial score (nSPS) is 50.3. The van der Waals surface area contributed by atoms with Crippen molar-refractivity contribution in [3.63, 3.8) is 0 Å². The summed E-state index contributed by atoms with van der Waals surface area (Å²) in [6, 6.07) is -0.264. The number of hydrogen-bond donors (Lipinski definition) is 1. The summed E-state index contributed by atoms with van der Waals surface area (Å²) in [6.07, 6.45) is 0.613. The average molecular weight is 209 g/mol. The molecule has 0 spiro atoms. The molecule has 1 heterocycles. The first kappa shape index (κ1) is 9.00. The summed E-state index contributed by atoms with van der Waals surface area (Å²) in [7, 11) is 0. The molecule has 6 unspecified atom stereocenters. The van der Waals surface area contributed by atoms with E-state index in [9.17, 15) is 9.90 Å². The lowest BCUT2D eigenvalue weighted by Gasteiger charge is -2.27. The van der Waals surface area contributed by atoms with Crippen LogP contribution in [-0.4, -0.2) is 29.8 Å². The van der Waals surface area contributed by atoms with Gasteiger partial charge in [-0.2, -0.15) is 0 Å². The van der Waals surface area contributed by atoms with Crippen LogP contribution in [0.4, 0.5) is 0 Å². The molecule has 6 nitrogen and oxygen atoms in total. The van der Waals surface area contributed by atoms with E-state index in [0.29, 0.717) is 0 Å². The van der Waals surface area contributed by atoms with Crippen molar-refractivity contribution in [3.8, 4) is 0 Å².